The van der Waals surface area contributed by atoms with Crippen molar-refractivity contribution in [2.24, 2.45) is 0 Å². The lowest BCUT2D eigenvalue weighted by molar-refractivity contribution is 0.423. The summed E-state index contributed by atoms with van der Waals surface area (Å²) in [5.74, 6) is 0. The van der Waals surface area contributed by atoms with Crippen LogP contribution in [0.1, 0.15) is 12.5 Å². The second-order valence-electron chi connectivity index (χ2n) is 4.36. The summed E-state index contributed by atoms with van der Waals surface area (Å²) in [5, 5.41) is -0.0234. The van der Waals surface area contributed by atoms with Gasteiger partial charge >= 0.3 is 0 Å². The van der Waals surface area contributed by atoms with Crippen molar-refractivity contribution in [3.05, 3.63) is 57.8 Å². The molecule has 0 unspecified atom stereocenters. The Morgan fingerprint density at radius 2 is 1.95 bits per heavy atom. The lowest BCUT2D eigenvalue weighted by Crippen LogP contribution is -2.30. The molecule has 0 bridgehead atoms. The highest BCUT2D eigenvalue weighted by Gasteiger charge is 2.26. The normalized spacial score (nSPS) is 11.8. The Morgan fingerprint density at radius 3 is 2.57 bits per heavy atom. The third-order valence-electron chi connectivity index (χ3n) is 2.95. The molecule has 4 nitrogen and oxygen atoms in total. The predicted octanol–water partition coefficient (Wildman–Crippen LogP) is 3.71. The molecule has 0 saturated heterocycles. The first kappa shape index (κ1) is 16.4. The number of hydrogen-bond acceptors (Lipinski definition) is 3. The highest BCUT2D eigenvalue weighted by Crippen LogP contribution is 2.26. The maximum Gasteiger partial charge on any atom is 0.246 e. The Bertz CT molecular complexity index is 723. The van der Waals surface area contributed by atoms with Crippen LogP contribution in [0.15, 0.2) is 52.0 Å². The molecule has 21 heavy (non-hydrogen) atoms. The molecular weight excluding hydrogens is 376 g/mol. The zero-order chi connectivity index (χ0) is 15.5. The Kier molecular flexibility index (Phi) is 5.37. The van der Waals surface area contributed by atoms with Crippen molar-refractivity contribution in [1.29, 1.82) is 0 Å². The number of sulfonamides is 1. The van der Waals surface area contributed by atoms with Crippen LogP contribution in [0.2, 0.25) is 5.15 Å². The second kappa shape index (κ2) is 6.87. The number of halogens is 2. The van der Waals surface area contributed by atoms with Gasteiger partial charge < -0.3 is 0 Å². The summed E-state index contributed by atoms with van der Waals surface area (Å²) in [7, 11) is -3.69. The predicted molar refractivity (Wildman–Crippen MR) is 86.7 cm³/mol. The van der Waals surface area contributed by atoms with Crippen LogP contribution < -0.4 is 0 Å². The topological polar surface area (TPSA) is 50.3 Å². The van der Waals surface area contributed by atoms with Crippen LogP contribution in [-0.4, -0.2) is 24.3 Å². The Hall–Kier alpha value is -0.950. The fraction of sp³-hybridized carbons (Fsp3) is 0.214. The molecule has 1 aromatic heterocycles. The minimum absolute atomic E-state index is 0.0105. The fourth-order valence-corrected chi connectivity index (χ4v) is 4.24. The van der Waals surface area contributed by atoms with E-state index in [9.17, 15) is 8.42 Å². The van der Waals surface area contributed by atoms with Crippen molar-refractivity contribution in [1.82, 2.24) is 9.29 Å². The summed E-state index contributed by atoms with van der Waals surface area (Å²) in [6, 6.07) is 10.9. The monoisotopic (exact) mass is 388 g/mol. The van der Waals surface area contributed by atoms with Crippen LogP contribution in [0.25, 0.3) is 0 Å². The largest absolute Gasteiger partial charge is 0.246 e. The van der Waals surface area contributed by atoms with Crippen LogP contribution in [0, 0.1) is 0 Å². The van der Waals surface area contributed by atoms with Crippen LogP contribution in [0.3, 0.4) is 0 Å². The molecule has 0 aliphatic carbocycles. The van der Waals surface area contributed by atoms with E-state index in [1.54, 1.807) is 6.92 Å². The first-order valence-electron chi connectivity index (χ1n) is 6.30. The van der Waals surface area contributed by atoms with Crippen molar-refractivity contribution in [2.75, 3.05) is 6.54 Å². The lowest BCUT2D eigenvalue weighted by atomic mass is 10.2. The van der Waals surface area contributed by atoms with E-state index in [1.165, 1.54) is 16.6 Å². The van der Waals surface area contributed by atoms with E-state index in [4.69, 9.17) is 11.6 Å². The molecule has 2 rings (SSSR count). The summed E-state index contributed by atoms with van der Waals surface area (Å²) in [6.45, 7) is 2.43. The fourth-order valence-electron chi connectivity index (χ4n) is 1.88. The van der Waals surface area contributed by atoms with Gasteiger partial charge in [-0.1, -0.05) is 48.9 Å². The minimum atomic E-state index is -3.69. The second-order valence-corrected chi connectivity index (χ2v) is 7.54. The Balaban J connectivity index is 2.38. The van der Waals surface area contributed by atoms with Crippen LogP contribution in [0.4, 0.5) is 0 Å². The summed E-state index contributed by atoms with van der Waals surface area (Å²) >= 11 is 9.17. The molecule has 0 saturated carbocycles. The molecule has 1 heterocycles. The highest BCUT2D eigenvalue weighted by molar-refractivity contribution is 9.10. The number of rotatable bonds is 5. The Morgan fingerprint density at radius 1 is 1.29 bits per heavy atom. The van der Waals surface area contributed by atoms with Crippen LogP contribution in [0.5, 0.6) is 0 Å². The molecule has 2 aromatic rings. The van der Waals surface area contributed by atoms with E-state index in [1.807, 2.05) is 30.3 Å². The zero-order valence-electron chi connectivity index (χ0n) is 11.3. The first-order valence-corrected chi connectivity index (χ1v) is 8.91. The van der Waals surface area contributed by atoms with E-state index in [0.717, 1.165) is 5.56 Å². The number of pyridine rings is 1. The lowest BCUT2D eigenvalue weighted by Gasteiger charge is -2.21. The molecule has 0 N–H and O–H groups in total. The Labute approximate surface area is 137 Å². The van der Waals surface area contributed by atoms with E-state index < -0.39 is 10.0 Å². The highest BCUT2D eigenvalue weighted by atomic mass is 79.9. The van der Waals surface area contributed by atoms with Gasteiger partial charge in [0.2, 0.25) is 10.0 Å². The van der Waals surface area contributed by atoms with Crippen LogP contribution in [-0.2, 0) is 16.6 Å². The quantitative estimate of drug-likeness (QED) is 0.733. The molecule has 0 aliphatic rings. The molecule has 1 aromatic carbocycles. The molecule has 0 fully saturated rings. The molecule has 112 valence electrons. The maximum atomic E-state index is 12.7. The average molecular weight is 390 g/mol. The molecule has 7 heteroatoms. The van der Waals surface area contributed by atoms with Gasteiger partial charge in [-0.05, 0) is 27.6 Å². The van der Waals surface area contributed by atoms with Gasteiger partial charge in [-0.2, -0.15) is 4.31 Å². The average Bonchev–Trinajstić information content (AvgIpc) is 2.48. The zero-order valence-corrected chi connectivity index (χ0v) is 14.5. The van der Waals surface area contributed by atoms with Gasteiger partial charge in [0.05, 0.1) is 0 Å². The van der Waals surface area contributed by atoms with E-state index in [-0.39, 0.29) is 10.0 Å². The SMILES string of the molecule is CCN(Cc1ccccc1)S(=O)(=O)c1cc(Br)cnc1Cl. The smallest absolute Gasteiger partial charge is 0.242 e. The molecular formula is C14H14BrClN2O2S. The number of nitrogens with zero attached hydrogens (tertiary/aromatic N) is 2. The standard InChI is InChI=1S/C14H14BrClN2O2S/c1-2-18(10-11-6-4-3-5-7-11)21(19,20)13-8-12(15)9-17-14(13)16/h3-9H,2,10H2,1H3. The van der Waals surface area contributed by atoms with Gasteiger partial charge in [0.25, 0.3) is 0 Å². The molecule has 0 radical (unpaired) electrons. The van der Waals surface area contributed by atoms with Gasteiger partial charge in [-0.3, -0.25) is 0 Å². The number of hydrogen-bond donors (Lipinski definition) is 0. The van der Waals surface area contributed by atoms with Gasteiger partial charge in [-0.15, -0.1) is 0 Å². The van der Waals surface area contributed by atoms with Crippen molar-refractivity contribution in [3.8, 4) is 0 Å². The van der Waals surface area contributed by atoms with Crippen molar-refractivity contribution in [2.45, 2.75) is 18.4 Å². The van der Waals surface area contributed by atoms with Gasteiger partial charge in [0.1, 0.15) is 10.0 Å². The molecule has 0 aliphatic heterocycles. The van der Waals surface area contributed by atoms with Crippen LogP contribution >= 0.6 is 27.5 Å². The van der Waals surface area contributed by atoms with E-state index in [0.29, 0.717) is 17.6 Å². The molecule has 0 amide bonds. The molecule has 0 spiro atoms. The molecule has 0 atom stereocenters. The van der Waals surface area contributed by atoms with Crippen molar-refractivity contribution < 1.29 is 8.42 Å². The summed E-state index contributed by atoms with van der Waals surface area (Å²) in [6.07, 6.45) is 1.47. The van der Waals surface area contributed by atoms with Crippen molar-refractivity contribution >= 4 is 37.6 Å². The van der Waals surface area contributed by atoms with E-state index in [2.05, 4.69) is 20.9 Å². The van der Waals surface area contributed by atoms with E-state index >= 15 is 0 Å². The third-order valence-corrected chi connectivity index (χ3v) is 5.73. The number of benzene rings is 1. The van der Waals surface area contributed by atoms with Crippen molar-refractivity contribution in [3.63, 3.8) is 0 Å². The number of aromatic nitrogens is 1. The minimum Gasteiger partial charge on any atom is -0.242 e. The summed E-state index contributed by atoms with van der Waals surface area (Å²) in [4.78, 5) is 3.89. The van der Waals surface area contributed by atoms with Gasteiger partial charge in [-0.25, -0.2) is 13.4 Å². The summed E-state index contributed by atoms with van der Waals surface area (Å²) < 4.78 is 27.4. The van der Waals surface area contributed by atoms with Gasteiger partial charge in [0, 0.05) is 23.8 Å². The maximum absolute atomic E-state index is 12.7. The first-order chi connectivity index (χ1) is 9.95. The van der Waals surface area contributed by atoms with Gasteiger partial charge in [0.15, 0.2) is 0 Å². The summed E-state index contributed by atoms with van der Waals surface area (Å²) in [5.41, 5.74) is 0.919. The third kappa shape index (κ3) is 3.83.